The number of fused-ring (bicyclic) bond motifs is 2. The van der Waals surface area contributed by atoms with Gasteiger partial charge < -0.3 is 14.2 Å². The van der Waals surface area contributed by atoms with E-state index in [1.807, 2.05) is 0 Å². The van der Waals surface area contributed by atoms with Crippen molar-refractivity contribution in [2.75, 3.05) is 13.7 Å². The number of aldehydes is 1. The molecule has 2 saturated carbocycles. The minimum Gasteiger partial charge on any atom is -0.467 e. The van der Waals surface area contributed by atoms with Gasteiger partial charge in [0.15, 0.2) is 6.29 Å². The van der Waals surface area contributed by atoms with E-state index in [4.69, 9.17) is 9.47 Å². The van der Waals surface area contributed by atoms with Crippen LogP contribution < -0.4 is 0 Å². The Morgan fingerprint density at radius 1 is 1.30 bits per heavy atom. The minimum atomic E-state index is -1.75. The van der Waals surface area contributed by atoms with Gasteiger partial charge in [0.2, 0.25) is 5.60 Å². The van der Waals surface area contributed by atoms with Gasteiger partial charge in [0.05, 0.1) is 7.11 Å². The van der Waals surface area contributed by atoms with E-state index in [9.17, 15) is 14.4 Å². The molecule has 0 aliphatic heterocycles. The van der Waals surface area contributed by atoms with E-state index in [0.717, 1.165) is 19.3 Å². The molecule has 0 aromatic carbocycles. The molecule has 6 nitrogen and oxygen atoms in total. The third-order valence-electron chi connectivity index (χ3n) is 4.28. The van der Waals surface area contributed by atoms with E-state index in [1.165, 1.54) is 20.5 Å². The highest BCUT2D eigenvalue weighted by molar-refractivity contribution is 5.96. The molecule has 4 atom stereocenters. The van der Waals surface area contributed by atoms with E-state index in [0.29, 0.717) is 18.1 Å². The van der Waals surface area contributed by atoms with Crippen molar-refractivity contribution in [2.24, 2.45) is 11.8 Å². The van der Waals surface area contributed by atoms with Gasteiger partial charge in [-0.25, -0.2) is 9.59 Å². The van der Waals surface area contributed by atoms with Crippen LogP contribution in [0.5, 0.6) is 0 Å². The van der Waals surface area contributed by atoms with Crippen molar-refractivity contribution in [1.82, 2.24) is 0 Å². The van der Waals surface area contributed by atoms with E-state index in [1.54, 1.807) is 0 Å². The van der Waals surface area contributed by atoms with Gasteiger partial charge in [-0.05, 0) is 44.4 Å². The third kappa shape index (κ3) is 3.00. The number of carbonyl (C=O) groups is 3. The second-order valence-corrected chi connectivity index (χ2v) is 5.71. The summed E-state index contributed by atoms with van der Waals surface area (Å²) in [4.78, 5) is 34.3. The highest BCUT2D eigenvalue weighted by atomic mass is 16.6. The van der Waals surface area contributed by atoms with Crippen LogP contribution in [0.25, 0.3) is 0 Å². The molecular formula is C14H20O6. The van der Waals surface area contributed by atoms with Crippen LogP contribution in [0.3, 0.4) is 0 Å². The van der Waals surface area contributed by atoms with Crippen molar-refractivity contribution in [2.45, 2.75) is 44.3 Å². The third-order valence-corrected chi connectivity index (χ3v) is 4.28. The minimum absolute atomic E-state index is 0.123. The lowest BCUT2D eigenvalue weighted by Gasteiger charge is -2.27. The van der Waals surface area contributed by atoms with Crippen LogP contribution in [0.2, 0.25) is 0 Å². The first-order valence-corrected chi connectivity index (χ1v) is 6.86. The molecule has 2 bridgehead atoms. The molecule has 6 heteroatoms. The normalized spacial score (nSPS) is 30.6. The zero-order valence-electron chi connectivity index (χ0n) is 11.8. The van der Waals surface area contributed by atoms with Crippen molar-refractivity contribution in [3.63, 3.8) is 0 Å². The zero-order chi connectivity index (χ0) is 14.8. The number of hydrogen-bond acceptors (Lipinski definition) is 6. The standard InChI is InChI=1S/C14H20O6/c1-14(8-15,19-7-12(16)18-2)13(17)20-11-6-9-3-4-10(11)5-9/h8-11H,3-7H2,1-2H3. The Morgan fingerprint density at radius 3 is 2.55 bits per heavy atom. The zero-order valence-corrected chi connectivity index (χ0v) is 11.8. The van der Waals surface area contributed by atoms with Gasteiger partial charge in [0, 0.05) is 0 Å². The summed E-state index contributed by atoms with van der Waals surface area (Å²) < 4.78 is 14.9. The Labute approximate surface area is 117 Å². The maximum Gasteiger partial charge on any atom is 0.345 e. The van der Waals surface area contributed by atoms with Crippen LogP contribution in [-0.4, -0.2) is 43.6 Å². The summed E-state index contributed by atoms with van der Waals surface area (Å²) in [5.74, 6) is -0.337. The summed E-state index contributed by atoms with van der Waals surface area (Å²) in [6, 6.07) is 0. The van der Waals surface area contributed by atoms with E-state index >= 15 is 0 Å². The number of hydrogen-bond donors (Lipinski definition) is 0. The quantitative estimate of drug-likeness (QED) is 0.409. The number of esters is 2. The summed E-state index contributed by atoms with van der Waals surface area (Å²) in [7, 11) is 1.21. The van der Waals surface area contributed by atoms with Crippen LogP contribution in [0.15, 0.2) is 0 Å². The maximum absolute atomic E-state index is 12.1. The van der Waals surface area contributed by atoms with E-state index in [2.05, 4.69) is 4.74 Å². The van der Waals surface area contributed by atoms with Crippen LogP contribution in [-0.2, 0) is 28.6 Å². The van der Waals surface area contributed by atoms with Gasteiger partial charge in [0.25, 0.3) is 0 Å². The van der Waals surface area contributed by atoms with Crippen molar-refractivity contribution in [3.8, 4) is 0 Å². The summed E-state index contributed by atoms with van der Waals surface area (Å²) in [6.07, 6.45) is 4.47. The smallest absolute Gasteiger partial charge is 0.345 e. The second kappa shape index (κ2) is 5.91. The van der Waals surface area contributed by atoms with Crippen LogP contribution >= 0.6 is 0 Å². The molecule has 0 N–H and O–H groups in total. The number of rotatable bonds is 6. The molecule has 2 rings (SSSR count). The number of carbonyl (C=O) groups excluding carboxylic acids is 3. The lowest BCUT2D eigenvalue weighted by Crippen LogP contribution is -2.45. The molecule has 0 aromatic heterocycles. The fourth-order valence-electron chi connectivity index (χ4n) is 2.99. The van der Waals surface area contributed by atoms with Crippen molar-refractivity contribution >= 4 is 18.2 Å². The molecule has 2 fully saturated rings. The van der Waals surface area contributed by atoms with E-state index < -0.39 is 24.1 Å². The fourth-order valence-corrected chi connectivity index (χ4v) is 2.99. The van der Waals surface area contributed by atoms with Gasteiger partial charge in [-0.15, -0.1) is 0 Å². The Bertz CT molecular complexity index is 406. The summed E-state index contributed by atoms with van der Waals surface area (Å²) in [5, 5.41) is 0. The Morgan fingerprint density at radius 2 is 2.05 bits per heavy atom. The van der Waals surface area contributed by atoms with Crippen molar-refractivity contribution < 1.29 is 28.6 Å². The van der Waals surface area contributed by atoms with Gasteiger partial charge in [-0.3, -0.25) is 4.79 Å². The molecule has 2 aliphatic rings. The molecule has 0 radical (unpaired) electrons. The summed E-state index contributed by atoms with van der Waals surface area (Å²) in [5.41, 5.74) is -1.75. The van der Waals surface area contributed by atoms with Crippen LogP contribution in [0.1, 0.15) is 32.6 Å². The SMILES string of the molecule is COC(=O)COC(C)(C=O)C(=O)OC1CC2CCC1C2. The van der Waals surface area contributed by atoms with Gasteiger partial charge in [-0.2, -0.15) is 0 Å². The van der Waals surface area contributed by atoms with Crippen LogP contribution in [0.4, 0.5) is 0 Å². The highest BCUT2D eigenvalue weighted by Gasteiger charge is 2.45. The molecule has 4 unspecified atom stereocenters. The maximum atomic E-state index is 12.1. The lowest BCUT2D eigenvalue weighted by molar-refractivity contribution is -0.180. The van der Waals surface area contributed by atoms with Crippen molar-refractivity contribution in [1.29, 1.82) is 0 Å². The van der Waals surface area contributed by atoms with E-state index in [-0.39, 0.29) is 6.10 Å². The second-order valence-electron chi connectivity index (χ2n) is 5.71. The average molecular weight is 284 g/mol. The van der Waals surface area contributed by atoms with Crippen LogP contribution in [0, 0.1) is 11.8 Å². The van der Waals surface area contributed by atoms with Gasteiger partial charge in [-0.1, -0.05) is 0 Å². The first-order valence-electron chi connectivity index (χ1n) is 6.86. The van der Waals surface area contributed by atoms with Gasteiger partial charge in [0.1, 0.15) is 12.7 Å². The Kier molecular flexibility index (Phi) is 4.42. The number of methoxy groups -OCH3 is 1. The highest BCUT2D eigenvalue weighted by Crippen LogP contribution is 2.46. The topological polar surface area (TPSA) is 78.9 Å². The average Bonchev–Trinajstić information content (AvgIpc) is 3.06. The molecule has 112 valence electrons. The fraction of sp³-hybridized carbons (Fsp3) is 0.786. The molecule has 20 heavy (non-hydrogen) atoms. The lowest BCUT2D eigenvalue weighted by atomic mass is 9.97. The largest absolute Gasteiger partial charge is 0.467 e. The molecule has 0 heterocycles. The first-order chi connectivity index (χ1) is 9.48. The monoisotopic (exact) mass is 284 g/mol. The Hall–Kier alpha value is -1.43. The summed E-state index contributed by atoms with van der Waals surface area (Å²) >= 11 is 0. The molecular weight excluding hydrogens is 264 g/mol. The molecule has 0 aromatic rings. The molecule has 0 spiro atoms. The number of ether oxygens (including phenoxy) is 3. The molecule has 0 amide bonds. The Balaban J connectivity index is 1.90. The first kappa shape index (κ1) is 15.0. The molecule has 0 saturated heterocycles. The predicted molar refractivity (Wildman–Crippen MR) is 67.8 cm³/mol. The van der Waals surface area contributed by atoms with Gasteiger partial charge >= 0.3 is 11.9 Å². The molecule has 2 aliphatic carbocycles. The predicted octanol–water partition coefficient (Wildman–Crippen LogP) is 0.865. The van der Waals surface area contributed by atoms with Crippen molar-refractivity contribution in [3.05, 3.63) is 0 Å². The summed E-state index contributed by atoms with van der Waals surface area (Å²) in [6.45, 7) is 0.843.